The number of hydrogen-bond acceptors (Lipinski definition) is 2. The predicted octanol–water partition coefficient (Wildman–Crippen LogP) is 1.45. The molecule has 1 aliphatic heterocycles. The molecular weight excluding hydrogens is 176 g/mol. The topological polar surface area (TPSA) is 41.5 Å². The molecule has 0 fully saturated rings. The molecule has 0 aromatic heterocycles. The van der Waals surface area contributed by atoms with E-state index < -0.39 is 0 Å². The highest BCUT2D eigenvalue weighted by atomic mass is 16.1. The fourth-order valence-corrected chi connectivity index (χ4v) is 1.62. The molecule has 0 bridgehead atoms. The lowest BCUT2D eigenvalue weighted by Gasteiger charge is -2.18. The molecule has 1 aromatic carbocycles. The van der Waals surface area contributed by atoms with Crippen LogP contribution in [-0.2, 0) is 11.2 Å². The fraction of sp³-hybridized carbons (Fsp3) is 0.273. The highest BCUT2D eigenvalue weighted by Gasteiger charge is 2.14. The summed E-state index contributed by atoms with van der Waals surface area (Å²) < 4.78 is 0. The maximum Gasteiger partial charge on any atom is 0.217 e. The van der Waals surface area contributed by atoms with E-state index in [1.54, 1.807) is 6.21 Å². The summed E-state index contributed by atoms with van der Waals surface area (Å²) in [6, 6.07) is 8.03. The molecule has 0 spiro atoms. The number of hydrogen-bond donors (Lipinski definition) is 1. The van der Waals surface area contributed by atoms with Crippen LogP contribution >= 0.6 is 0 Å². The molecule has 1 aromatic rings. The number of para-hydroxylation sites is 1. The molecule has 3 heteroatoms. The number of benzene rings is 1. The minimum absolute atomic E-state index is 0.0131. The van der Waals surface area contributed by atoms with E-state index in [4.69, 9.17) is 0 Å². The van der Waals surface area contributed by atoms with Crippen molar-refractivity contribution in [1.82, 2.24) is 5.32 Å². The first kappa shape index (κ1) is 8.94. The molecule has 14 heavy (non-hydrogen) atoms. The molecular formula is C11H12N2O. The van der Waals surface area contributed by atoms with Crippen LogP contribution in [-0.4, -0.2) is 18.2 Å². The molecule has 1 heterocycles. The first-order valence-corrected chi connectivity index (χ1v) is 4.65. The quantitative estimate of drug-likeness (QED) is 0.712. The molecule has 2 rings (SSSR count). The highest BCUT2D eigenvalue weighted by Crippen LogP contribution is 2.22. The number of nitrogens with zero attached hydrogens (tertiary/aromatic N) is 1. The summed E-state index contributed by atoms with van der Waals surface area (Å²) >= 11 is 0. The molecule has 0 radical (unpaired) electrons. The first-order chi connectivity index (χ1) is 6.75. The molecule has 1 aliphatic rings. The summed E-state index contributed by atoms with van der Waals surface area (Å²) in [5.41, 5.74) is 2.20. The van der Waals surface area contributed by atoms with Crippen LogP contribution in [0.1, 0.15) is 12.5 Å². The molecule has 72 valence electrons. The normalized spacial score (nSPS) is 18.8. The Labute approximate surface area is 82.9 Å². The van der Waals surface area contributed by atoms with Crippen LogP contribution in [0.2, 0.25) is 0 Å². The monoisotopic (exact) mass is 188 g/mol. The van der Waals surface area contributed by atoms with E-state index >= 15 is 0 Å². The van der Waals surface area contributed by atoms with Crippen LogP contribution in [0.25, 0.3) is 0 Å². The maximum absolute atomic E-state index is 10.9. The minimum atomic E-state index is -0.0131. The third-order valence-electron chi connectivity index (χ3n) is 2.21. The third-order valence-corrected chi connectivity index (χ3v) is 2.21. The molecule has 0 saturated carbocycles. The van der Waals surface area contributed by atoms with Gasteiger partial charge in [0.05, 0.1) is 11.7 Å². The van der Waals surface area contributed by atoms with Crippen molar-refractivity contribution in [3.63, 3.8) is 0 Å². The fourth-order valence-electron chi connectivity index (χ4n) is 1.62. The number of rotatable bonds is 1. The van der Waals surface area contributed by atoms with E-state index in [1.165, 1.54) is 12.5 Å². The number of fused-ring (bicyclic) bond motifs is 1. The summed E-state index contributed by atoms with van der Waals surface area (Å²) in [4.78, 5) is 15.1. The summed E-state index contributed by atoms with van der Waals surface area (Å²) in [5.74, 6) is -0.0131. The van der Waals surface area contributed by atoms with Gasteiger partial charge in [0.15, 0.2) is 0 Å². The lowest BCUT2D eigenvalue weighted by Crippen LogP contribution is -2.37. The van der Waals surface area contributed by atoms with Crippen molar-refractivity contribution in [1.29, 1.82) is 0 Å². The third kappa shape index (κ3) is 1.82. The van der Waals surface area contributed by atoms with E-state index in [-0.39, 0.29) is 11.9 Å². The van der Waals surface area contributed by atoms with Crippen molar-refractivity contribution >= 4 is 17.8 Å². The lowest BCUT2D eigenvalue weighted by atomic mass is 10.0. The van der Waals surface area contributed by atoms with Crippen molar-refractivity contribution in [3.8, 4) is 0 Å². The average molecular weight is 188 g/mol. The zero-order valence-electron chi connectivity index (χ0n) is 8.03. The smallest absolute Gasteiger partial charge is 0.217 e. The second-order valence-electron chi connectivity index (χ2n) is 3.42. The Bertz CT molecular complexity index is 385. The summed E-state index contributed by atoms with van der Waals surface area (Å²) in [6.07, 6.45) is 2.63. The van der Waals surface area contributed by atoms with Crippen LogP contribution < -0.4 is 5.32 Å². The van der Waals surface area contributed by atoms with Gasteiger partial charge in [-0.1, -0.05) is 18.2 Å². The molecule has 1 amide bonds. The van der Waals surface area contributed by atoms with E-state index in [1.807, 2.05) is 24.3 Å². The molecule has 1 atom stereocenters. The van der Waals surface area contributed by atoms with E-state index in [9.17, 15) is 4.79 Å². The Morgan fingerprint density at radius 3 is 3.07 bits per heavy atom. The van der Waals surface area contributed by atoms with Gasteiger partial charge in [0.25, 0.3) is 0 Å². The van der Waals surface area contributed by atoms with Gasteiger partial charge in [0.1, 0.15) is 0 Å². The van der Waals surface area contributed by atoms with Crippen LogP contribution in [0.3, 0.4) is 0 Å². The second-order valence-corrected chi connectivity index (χ2v) is 3.42. The Balaban J connectivity index is 2.17. The van der Waals surface area contributed by atoms with Gasteiger partial charge in [-0.2, -0.15) is 0 Å². The summed E-state index contributed by atoms with van der Waals surface area (Å²) in [7, 11) is 0. The van der Waals surface area contributed by atoms with Gasteiger partial charge in [-0.15, -0.1) is 0 Å². The second kappa shape index (κ2) is 3.62. The number of aliphatic imine (C=N–C) groups is 1. The van der Waals surface area contributed by atoms with E-state index in [0.29, 0.717) is 0 Å². The van der Waals surface area contributed by atoms with Gasteiger partial charge in [-0.05, 0) is 18.1 Å². The Morgan fingerprint density at radius 1 is 1.50 bits per heavy atom. The molecule has 3 nitrogen and oxygen atoms in total. The zero-order valence-corrected chi connectivity index (χ0v) is 8.03. The van der Waals surface area contributed by atoms with Crippen molar-refractivity contribution in [2.24, 2.45) is 4.99 Å². The van der Waals surface area contributed by atoms with Crippen LogP contribution in [0.4, 0.5) is 5.69 Å². The van der Waals surface area contributed by atoms with Gasteiger partial charge in [-0.25, -0.2) is 0 Å². The highest BCUT2D eigenvalue weighted by molar-refractivity contribution is 5.81. The van der Waals surface area contributed by atoms with E-state index in [0.717, 1.165) is 12.1 Å². The average Bonchev–Trinajstić information content (AvgIpc) is 2.17. The summed E-state index contributed by atoms with van der Waals surface area (Å²) in [6.45, 7) is 1.52. The molecule has 0 aliphatic carbocycles. The molecule has 0 saturated heterocycles. The SMILES string of the molecule is CC(=O)N[C@H]1C=Nc2ccccc2C1. The van der Waals surface area contributed by atoms with Gasteiger partial charge in [0.2, 0.25) is 5.91 Å². The van der Waals surface area contributed by atoms with E-state index in [2.05, 4.69) is 10.3 Å². The van der Waals surface area contributed by atoms with Gasteiger partial charge in [-0.3, -0.25) is 9.79 Å². The Kier molecular flexibility index (Phi) is 2.31. The minimum Gasteiger partial charge on any atom is -0.348 e. The maximum atomic E-state index is 10.9. The Hall–Kier alpha value is -1.64. The first-order valence-electron chi connectivity index (χ1n) is 4.65. The molecule has 1 N–H and O–H groups in total. The number of amides is 1. The number of nitrogens with one attached hydrogen (secondary N) is 1. The van der Waals surface area contributed by atoms with Crippen molar-refractivity contribution in [3.05, 3.63) is 29.8 Å². The standard InChI is InChI=1S/C11H12N2O/c1-8(14)13-10-6-9-4-2-3-5-11(9)12-7-10/h2-5,7,10H,6H2,1H3,(H,13,14)/t10-/m1/s1. The van der Waals surface area contributed by atoms with Gasteiger partial charge >= 0.3 is 0 Å². The summed E-state index contributed by atoms with van der Waals surface area (Å²) in [5, 5.41) is 2.83. The van der Waals surface area contributed by atoms with Crippen molar-refractivity contribution in [2.75, 3.05) is 0 Å². The lowest BCUT2D eigenvalue weighted by molar-refractivity contribution is -0.119. The zero-order chi connectivity index (χ0) is 9.97. The van der Waals surface area contributed by atoms with Gasteiger partial charge in [0, 0.05) is 13.1 Å². The molecule has 0 unspecified atom stereocenters. The van der Waals surface area contributed by atoms with Gasteiger partial charge < -0.3 is 5.32 Å². The van der Waals surface area contributed by atoms with Crippen molar-refractivity contribution < 1.29 is 4.79 Å². The number of carbonyl (C=O) groups is 1. The van der Waals surface area contributed by atoms with Crippen LogP contribution in [0, 0.1) is 0 Å². The number of carbonyl (C=O) groups excluding carboxylic acids is 1. The predicted molar refractivity (Wildman–Crippen MR) is 55.9 cm³/mol. The van der Waals surface area contributed by atoms with Crippen LogP contribution in [0.5, 0.6) is 0 Å². The Morgan fingerprint density at radius 2 is 2.29 bits per heavy atom. The largest absolute Gasteiger partial charge is 0.348 e. The van der Waals surface area contributed by atoms with Crippen molar-refractivity contribution in [2.45, 2.75) is 19.4 Å². The van der Waals surface area contributed by atoms with Crippen LogP contribution in [0.15, 0.2) is 29.3 Å².